The van der Waals surface area contributed by atoms with Crippen molar-refractivity contribution in [3.8, 4) is 0 Å². The summed E-state index contributed by atoms with van der Waals surface area (Å²) in [6, 6.07) is 33.7. The number of anilines is 1. The van der Waals surface area contributed by atoms with E-state index in [-0.39, 0.29) is 0 Å². The van der Waals surface area contributed by atoms with E-state index in [1.807, 2.05) is 30.3 Å². The largest absolute Gasteiger partial charge is 0.362 e. The van der Waals surface area contributed by atoms with Crippen LogP contribution in [-0.2, 0) is 0 Å². The summed E-state index contributed by atoms with van der Waals surface area (Å²) in [5.74, 6) is 0.984. The van der Waals surface area contributed by atoms with Crippen molar-refractivity contribution in [2.45, 2.75) is 51.9 Å². The number of hydrogen-bond donors (Lipinski definition) is 2. The molecule has 0 aromatic heterocycles. The fourth-order valence-corrected chi connectivity index (χ4v) is 10.9. The summed E-state index contributed by atoms with van der Waals surface area (Å²) in [5.41, 5.74) is 3.79. The number of rotatable bonds is 9. The summed E-state index contributed by atoms with van der Waals surface area (Å²) in [5, 5.41) is 7.35. The molecular weight excluding hydrogens is 499 g/mol. The maximum Gasteiger partial charge on any atom is 0.170 e. The van der Waals surface area contributed by atoms with E-state index in [9.17, 15) is 0 Å². The highest BCUT2D eigenvalue weighted by Crippen LogP contribution is 2.71. The van der Waals surface area contributed by atoms with Gasteiger partial charge in [-0.25, -0.2) is 9.34 Å². The molecule has 1 aliphatic heterocycles. The molecule has 0 saturated carbocycles. The van der Waals surface area contributed by atoms with E-state index in [4.69, 9.17) is 12.2 Å². The van der Waals surface area contributed by atoms with Crippen molar-refractivity contribution in [1.29, 1.82) is 0 Å². The van der Waals surface area contributed by atoms with E-state index in [1.165, 1.54) is 11.1 Å². The molecule has 4 rings (SSSR count). The number of nitrogens with zero attached hydrogens (tertiary/aromatic N) is 2. The summed E-state index contributed by atoms with van der Waals surface area (Å²) < 4.78 is 5.54. The van der Waals surface area contributed by atoms with Crippen molar-refractivity contribution in [3.05, 3.63) is 102 Å². The molecule has 1 saturated heterocycles. The number of para-hydroxylation sites is 1. The first-order valence-corrected chi connectivity index (χ1v) is 15.9. The number of benzene rings is 3. The summed E-state index contributed by atoms with van der Waals surface area (Å²) in [6.07, 6.45) is 0. The van der Waals surface area contributed by atoms with E-state index in [0.29, 0.717) is 29.3 Å². The fourth-order valence-electron chi connectivity index (χ4n) is 4.75. The first-order valence-electron chi connectivity index (χ1n) is 12.7. The predicted octanol–water partition coefficient (Wildman–Crippen LogP) is 7.85. The minimum Gasteiger partial charge on any atom is -0.362 e. The molecule has 3 aromatic rings. The molecule has 0 radical (unpaired) electrons. The molecule has 7 heteroatoms. The summed E-state index contributed by atoms with van der Waals surface area (Å²) in [6.45, 7) is 10.2. The van der Waals surface area contributed by atoms with Gasteiger partial charge in [-0.1, -0.05) is 78.9 Å². The first-order chi connectivity index (χ1) is 17.5. The average molecular weight is 537 g/mol. The first kappa shape index (κ1) is 27.1. The van der Waals surface area contributed by atoms with Crippen LogP contribution in [0.3, 0.4) is 0 Å². The fraction of sp³-hybridized carbons (Fsp3) is 0.345. The molecule has 0 spiro atoms. The number of thiocarbonyl (C=S) groups is 1. The van der Waals surface area contributed by atoms with Crippen molar-refractivity contribution < 1.29 is 0 Å². The molecule has 3 aromatic carbocycles. The molecule has 0 bridgehead atoms. The van der Waals surface area contributed by atoms with Gasteiger partial charge in [0, 0.05) is 30.1 Å². The molecule has 1 aliphatic rings. The molecule has 1 fully saturated rings. The normalized spacial score (nSPS) is 19.2. The molecule has 1 heterocycles. The Labute approximate surface area is 227 Å². The van der Waals surface area contributed by atoms with Gasteiger partial charge in [0.1, 0.15) is 7.42 Å². The molecule has 0 aliphatic carbocycles. The van der Waals surface area contributed by atoms with Gasteiger partial charge in [-0.15, -0.1) is 11.4 Å². The van der Waals surface area contributed by atoms with Gasteiger partial charge in [-0.3, -0.25) is 0 Å². The molecular formula is C29H37N4PS2. The molecule has 2 atom stereocenters. The Morgan fingerprint density at radius 1 is 0.778 bits per heavy atom. The molecule has 190 valence electrons. The van der Waals surface area contributed by atoms with E-state index in [2.05, 4.69) is 120 Å². The number of hydrogen-bond acceptors (Lipinski definition) is 4. The predicted molar refractivity (Wildman–Crippen MR) is 162 cm³/mol. The molecule has 2 N–H and O–H groups in total. The lowest BCUT2D eigenvalue weighted by Crippen LogP contribution is -2.31. The molecule has 0 unspecified atom stereocenters. The van der Waals surface area contributed by atoms with Gasteiger partial charge in [-0.2, -0.15) is 0 Å². The Kier molecular flexibility index (Phi) is 9.80. The maximum absolute atomic E-state index is 5.53. The highest BCUT2D eigenvalue weighted by Gasteiger charge is 2.50. The van der Waals surface area contributed by atoms with E-state index in [1.54, 1.807) is 0 Å². The maximum atomic E-state index is 5.53. The highest BCUT2D eigenvalue weighted by atomic mass is 32.7. The standard InChI is InChI=1S/C29H37N4PS2/c1-22(2)32-27(24-14-8-5-9-15-24)28(25-16-10-6-11-17-25)33(23(3)4)34(32)36-21-20-30-29(35)31-26-18-12-7-13-19-26/h5-19,22-23,27-28H,20-21H2,1-4H3,(H2,30,31,35)/t27-,28-/m1/s1. The van der Waals surface area contributed by atoms with Gasteiger partial charge in [-0.05, 0) is 63.2 Å². The monoisotopic (exact) mass is 536 g/mol. The smallest absolute Gasteiger partial charge is 0.170 e. The molecule has 0 amide bonds. The second-order valence-electron chi connectivity index (χ2n) is 9.49. The van der Waals surface area contributed by atoms with Crippen LogP contribution in [0.1, 0.15) is 50.9 Å². The Balaban J connectivity index is 1.54. The quantitative estimate of drug-likeness (QED) is 0.165. The van der Waals surface area contributed by atoms with Gasteiger partial charge in [0.25, 0.3) is 0 Å². The Hall–Kier alpha value is -1.95. The minimum atomic E-state index is -0.576. The second kappa shape index (κ2) is 13.0. The van der Waals surface area contributed by atoms with Crippen molar-refractivity contribution in [2.24, 2.45) is 0 Å². The van der Waals surface area contributed by atoms with E-state index >= 15 is 0 Å². The third kappa shape index (κ3) is 6.48. The van der Waals surface area contributed by atoms with Crippen LogP contribution < -0.4 is 10.6 Å². The average Bonchev–Trinajstić information content (AvgIpc) is 3.24. The van der Waals surface area contributed by atoms with Gasteiger partial charge in [0.15, 0.2) is 5.11 Å². The summed E-state index contributed by atoms with van der Waals surface area (Å²) in [4.78, 5) is 0. The Morgan fingerprint density at radius 3 is 1.67 bits per heavy atom. The minimum absolute atomic E-state index is 0.309. The van der Waals surface area contributed by atoms with Crippen molar-refractivity contribution in [1.82, 2.24) is 14.7 Å². The van der Waals surface area contributed by atoms with Crippen LogP contribution in [0.4, 0.5) is 5.69 Å². The third-order valence-electron chi connectivity index (χ3n) is 6.23. The molecule has 36 heavy (non-hydrogen) atoms. The molecule has 4 nitrogen and oxygen atoms in total. The lowest BCUT2D eigenvalue weighted by Gasteiger charge is -2.35. The third-order valence-corrected chi connectivity index (χ3v) is 11.7. The zero-order valence-electron chi connectivity index (χ0n) is 21.5. The van der Waals surface area contributed by atoms with Crippen molar-refractivity contribution in [3.63, 3.8) is 0 Å². The van der Waals surface area contributed by atoms with Crippen LogP contribution in [0.25, 0.3) is 0 Å². The summed E-state index contributed by atoms with van der Waals surface area (Å²) >= 11 is 7.60. The van der Waals surface area contributed by atoms with Crippen LogP contribution in [-0.4, -0.2) is 38.8 Å². The zero-order chi connectivity index (χ0) is 25.5. The lowest BCUT2D eigenvalue weighted by atomic mass is 9.92. The van der Waals surface area contributed by atoms with E-state index < -0.39 is 7.42 Å². The van der Waals surface area contributed by atoms with Crippen molar-refractivity contribution >= 4 is 41.8 Å². The second-order valence-corrected chi connectivity index (χ2v) is 13.7. The van der Waals surface area contributed by atoms with Crippen molar-refractivity contribution in [2.75, 3.05) is 17.6 Å². The van der Waals surface area contributed by atoms with Gasteiger partial charge in [0.2, 0.25) is 0 Å². The van der Waals surface area contributed by atoms with E-state index in [0.717, 1.165) is 18.0 Å². The Morgan fingerprint density at radius 2 is 1.22 bits per heavy atom. The van der Waals surface area contributed by atoms with Gasteiger partial charge >= 0.3 is 0 Å². The van der Waals surface area contributed by atoms with Crippen LogP contribution in [0.2, 0.25) is 0 Å². The highest BCUT2D eigenvalue weighted by molar-refractivity contribution is 8.54. The Bertz CT molecular complexity index is 1020. The zero-order valence-corrected chi connectivity index (χ0v) is 24.1. The SMILES string of the molecule is CC(C)N1[C@H](c2ccccc2)[C@@H](c2ccccc2)N(C(C)C)P1SCCNC(=S)Nc1ccccc1. The van der Waals surface area contributed by atoms with Gasteiger partial charge in [0.05, 0.1) is 12.1 Å². The topological polar surface area (TPSA) is 30.5 Å². The van der Waals surface area contributed by atoms with Crippen LogP contribution in [0, 0.1) is 0 Å². The van der Waals surface area contributed by atoms with Gasteiger partial charge < -0.3 is 10.6 Å². The van der Waals surface area contributed by atoms with Crippen LogP contribution in [0.15, 0.2) is 91.0 Å². The summed E-state index contributed by atoms with van der Waals surface area (Å²) in [7, 11) is -0.576. The lowest BCUT2D eigenvalue weighted by molar-refractivity contribution is 0.227. The number of nitrogens with one attached hydrogen (secondary N) is 2. The van der Waals surface area contributed by atoms with Crippen LogP contribution in [0.5, 0.6) is 0 Å². The van der Waals surface area contributed by atoms with Crippen LogP contribution >= 0.6 is 31.0 Å².